The van der Waals surface area contributed by atoms with Gasteiger partial charge < -0.3 is 14.8 Å². The predicted octanol–water partition coefficient (Wildman–Crippen LogP) is 6.09. The zero-order valence-corrected chi connectivity index (χ0v) is 18.9. The highest BCUT2D eigenvalue weighted by Crippen LogP contribution is 2.35. The lowest BCUT2D eigenvalue weighted by atomic mass is 9.80. The molecule has 0 saturated heterocycles. The Morgan fingerprint density at radius 1 is 0.897 bits per heavy atom. The van der Waals surface area contributed by atoms with Gasteiger partial charge in [-0.05, 0) is 58.7 Å². The van der Waals surface area contributed by atoms with E-state index in [1.165, 1.54) is 5.56 Å². The molecule has 4 nitrogen and oxygen atoms in total. The Kier molecular flexibility index (Phi) is 7.34. The van der Waals surface area contributed by atoms with Crippen LogP contribution in [0.25, 0.3) is 0 Å². The lowest BCUT2D eigenvalue weighted by Gasteiger charge is -2.27. The number of nitrogens with one attached hydrogen (secondary N) is 1. The number of amides is 1. The van der Waals surface area contributed by atoms with E-state index in [1.54, 1.807) is 0 Å². The summed E-state index contributed by atoms with van der Waals surface area (Å²) < 4.78 is 11.5. The van der Waals surface area contributed by atoms with Gasteiger partial charge in [-0.1, -0.05) is 60.6 Å². The van der Waals surface area contributed by atoms with Crippen LogP contribution in [0.4, 0.5) is 5.69 Å². The highest BCUT2D eigenvalue weighted by molar-refractivity contribution is 5.91. The molecule has 0 spiro atoms. The smallest absolute Gasteiger partial charge is 0.262 e. The highest BCUT2D eigenvalue weighted by atomic mass is 16.5. The van der Waals surface area contributed by atoms with Crippen LogP contribution < -0.4 is 14.8 Å². The van der Waals surface area contributed by atoms with E-state index < -0.39 is 0 Å². The SMILES string of the molecule is CCCOc1ccc(NC(=O)COc2ccc(C(C)(C)C)cc2C(C)(C)C)cc1. The van der Waals surface area contributed by atoms with Crippen molar-refractivity contribution in [2.75, 3.05) is 18.5 Å². The summed E-state index contributed by atoms with van der Waals surface area (Å²) >= 11 is 0. The van der Waals surface area contributed by atoms with Crippen LogP contribution in [-0.2, 0) is 15.6 Å². The quantitative estimate of drug-likeness (QED) is 0.615. The number of hydrogen-bond donors (Lipinski definition) is 1. The zero-order chi connectivity index (χ0) is 21.7. The van der Waals surface area contributed by atoms with Crippen LogP contribution in [0.5, 0.6) is 11.5 Å². The highest BCUT2D eigenvalue weighted by Gasteiger charge is 2.23. The second-order valence-electron chi connectivity index (χ2n) is 9.42. The van der Waals surface area contributed by atoms with Crippen molar-refractivity contribution in [3.63, 3.8) is 0 Å². The van der Waals surface area contributed by atoms with Gasteiger partial charge >= 0.3 is 0 Å². The van der Waals surface area contributed by atoms with Crippen LogP contribution in [0.2, 0.25) is 0 Å². The van der Waals surface area contributed by atoms with E-state index in [4.69, 9.17) is 9.47 Å². The number of ether oxygens (including phenoxy) is 2. The number of rotatable bonds is 7. The maximum atomic E-state index is 12.4. The fraction of sp³-hybridized carbons (Fsp3) is 0.480. The van der Waals surface area contributed by atoms with E-state index in [-0.39, 0.29) is 23.3 Å². The Labute approximate surface area is 175 Å². The summed E-state index contributed by atoms with van der Waals surface area (Å²) in [5.74, 6) is 1.37. The third-order valence-corrected chi connectivity index (χ3v) is 4.62. The van der Waals surface area contributed by atoms with Gasteiger partial charge in [0.15, 0.2) is 6.61 Å². The van der Waals surface area contributed by atoms with Crippen molar-refractivity contribution in [3.05, 3.63) is 53.6 Å². The summed E-state index contributed by atoms with van der Waals surface area (Å²) in [6, 6.07) is 13.6. The molecule has 1 amide bonds. The summed E-state index contributed by atoms with van der Waals surface area (Å²) in [4.78, 5) is 12.4. The van der Waals surface area contributed by atoms with Crippen LogP contribution in [0.3, 0.4) is 0 Å². The first-order valence-corrected chi connectivity index (χ1v) is 10.3. The van der Waals surface area contributed by atoms with Crippen molar-refractivity contribution in [3.8, 4) is 11.5 Å². The van der Waals surface area contributed by atoms with Gasteiger partial charge in [0.25, 0.3) is 5.91 Å². The maximum absolute atomic E-state index is 12.4. The molecule has 0 fully saturated rings. The van der Waals surface area contributed by atoms with Gasteiger partial charge in [-0.3, -0.25) is 4.79 Å². The molecule has 4 heteroatoms. The fourth-order valence-corrected chi connectivity index (χ4v) is 2.90. The lowest BCUT2D eigenvalue weighted by Crippen LogP contribution is -2.22. The molecule has 0 saturated carbocycles. The molecule has 0 aliphatic carbocycles. The van der Waals surface area contributed by atoms with E-state index in [0.717, 1.165) is 29.2 Å². The first-order valence-electron chi connectivity index (χ1n) is 10.3. The zero-order valence-electron chi connectivity index (χ0n) is 18.9. The topological polar surface area (TPSA) is 47.6 Å². The van der Waals surface area contributed by atoms with E-state index in [9.17, 15) is 4.79 Å². The third kappa shape index (κ3) is 6.81. The van der Waals surface area contributed by atoms with Crippen molar-refractivity contribution in [2.24, 2.45) is 0 Å². The van der Waals surface area contributed by atoms with E-state index >= 15 is 0 Å². The molecule has 29 heavy (non-hydrogen) atoms. The number of carbonyl (C=O) groups is 1. The van der Waals surface area contributed by atoms with E-state index in [1.807, 2.05) is 30.3 Å². The van der Waals surface area contributed by atoms with Gasteiger partial charge in [-0.25, -0.2) is 0 Å². The first-order chi connectivity index (χ1) is 13.5. The predicted molar refractivity (Wildman–Crippen MR) is 120 cm³/mol. The van der Waals surface area contributed by atoms with Crippen molar-refractivity contribution >= 4 is 11.6 Å². The van der Waals surface area contributed by atoms with Crippen molar-refractivity contribution < 1.29 is 14.3 Å². The molecule has 0 radical (unpaired) electrons. The van der Waals surface area contributed by atoms with Gasteiger partial charge in [-0.15, -0.1) is 0 Å². The van der Waals surface area contributed by atoms with Crippen LogP contribution >= 0.6 is 0 Å². The molecule has 0 aliphatic rings. The Balaban J connectivity index is 2.04. The summed E-state index contributed by atoms with van der Waals surface area (Å²) in [5, 5.41) is 2.87. The normalized spacial score (nSPS) is 11.8. The molecule has 2 rings (SSSR count). The number of benzene rings is 2. The molecular formula is C25H35NO3. The number of anilines is 1. The van der Waals surface area contributed by atoms with Crippen LogP contribution in [0, 0.1) is 0 Å². The van der Waals surface area contributed by atoms with Gasteiger partial charge in [0.1, 0.15) is 11.5 Å². The molecular weight excluding hydrogens is 362 g/mol. The largest absolute Gasteiger partial charge is 0.494 e. The number of hydrogen-bond acceptors (Lipinski definition) is 3. The summed E-state index contributed by atoms with van der Waals surface area (Å²) in [6.07, 6.45) is 0.961. The van der Waals surface area contributed by atoms with E-state index in [0.29, 0.717) is 6.61 Å². The summed E-state index contributed by atoms with van der Waals surface area (Å²) in [6.45, 7) is 15.8. The Morgan fingerprint density at radius 3 is 2.10 bits per heavy atom. The minimum atomic E-state index is -0.188. The minimum absolute atomic E-state index is 0.0357. The van der Waals surface area contributed by atoms with Crippen LogP contribution in [0.15, 0.2) is 42.5 Å². The van der Waals surface area contributed by atoms with Crippen molar-refractivity contribution in [1.82, 2.24) is 0 Å². The van der Waals surface area contributed by atoms with Crippen molar-refractivity contribution in [1.29, 1.82) is 0 Å². The summed E-state index contributed by atoms with van der Waals surface area (Å²) in [7, 11) is 0. The molecule has 0 bridgehead atoms. The Morgan fingerprint density at radius 2 is 1.55 bits per heavy atom. The molecule has 0 aromatic heterocycles. The van der Waals surface area contributed by atoms with Gasteiger partial charge in [0.2, 0.25) is 0 Å². The molecule has 2 aromatic rings. The summed E-state index contributed by atoms with van der Waals surface area (Å²) in [5.41, 5.74) is 3.06. The standard InChI is InChI=1S/C25H35NO3/c1-8-15-28-20-12-10-19(11-13-20)26-23(27)17-29-22-14-9-18(24(2,3)4)16-21(22)25(5,6)7/h9-14,16H,8,15,17H2,1-7H3,(H,26,27). The average Bonchev–Trinajstić information content (AvgIpc) is 2.64. The molecule has 0 unspecified atom stereocenters. The lowest BCUT2D eigenvalue weighted by molar-refractivity contribution is -0.118. The maximum Gasteiger partial charge on any atom is 0.262 e. The Hall–Kier alpha value is -2.49. The average molecular weight is 398 g/mol. The second kappa shape index (κ2) is 9.34. The number of carbonyl (C=O) groups excluding carboxylic acids is 1. The van der Waals surface area contributed by atoms with Crippen LogP contribution in [-0.4, -0.2) is 19.1 Å². The van der Waals surface area contributed by atoms with Gasteiger partial charge in [-0.2, -0.15) is 0 Å². The van der Waals surface area contributed by atoms with Gasteiger partial charge in [0, 0.05) is 5.69 Å². The Bertz CT molecular complexity index is 811. The third-order valence-electron chi connectivity index (χ3n) is 4.62. The van der Waals surface area contributed by atoms with Crippen LogP contribution in [0.1, 0.15) is 66.0 Å². The van der Waals surface area contributed by atoms with Crippen molar-refractivity contribution in [2.45, 2.75) is 65.7 Å². The molecule has 0 atom stereocenters. The molecule has 158 valence electrons. The minimum Gasteiger partial charge on any atom is -0.494 e. The fourth-order valence-electron chi connectivity index (χ4n) is 2.90. The molecule has 2 aromatic carbocycles. The second-order valence-corrected chi connectivity index (χ2v) is 9.42. The molecule has 0 aliphatic heterocycles. The molecule has 0 heterocycles. The molecule has 1 N–H and O–H groups in total. The monoisotopic (exact) mass is 397 g/mol. The first kappa shape index (κ1) is 22.8. The van der Waals surface area contributed by atoms with Gasteiger partial charge in [0.05, 0.1) is 6.61 Å². The van der Waals surface area contributed by atoms with E-state index in [2.05, 4.69) is 65.9 Å².